The van der Waals surface area contributed by atoms with Crippen LogP contribution >= 0.6 is 15.9 Å². The maximum absolute atomic E-state index is 13.2. The highest BCUT2D eigenvalue weighted by Crippen LogP contribution is 2.24. The van der Waals surface area contributed by atoms with Crippen molar-refractivity contribution >= 4 is 21.6 Å². The SMILES string of the molecule is CCNc1cc(Br)c(C#N)cc1F. The average Bonchev–Trinajstić information content (AvgIpc) is 2.11. The van der Waals surface area contributed by atoms with Gasteiger partial charge in [0.05, 0.1) is 11.3 Å². The first-order valence-electron chi connectivity index (χ1n) is 3.82. The largest absolute Gasteiger partial charge is 0.383 e. The fourth-order valence-corrected chi connectivity index (χ4v) is 1.39. The maximum Gasteiger partial charge on any atom is 0.147 e. The molecule has 0 unspecified atom stereocenters. The van der Waals surface area contributed by atoms with Crippen molar-refractivity contribution in [2.24, 2.45) is 0 Å². The Kier molecular flexibility index (Phi) is 3.26. The first-order valence-corrected chi connectivity index (χ1v) is 4.61. The predicted molar refractivity (Wildman–Crippen MR) is 53.0 cm³/mol. The second-order valence-electron chi connectivity index (χ2n) is 2.45. The summed E-state index contributed by atoms with van der Waals surface area (Å²) in [6.07, 6.45) is 0. The Hall–Kier alpha value is -1.08. The Morgan fingerprint density at radius 2 is 2.31 bits per heavy atom. The van der Waals surface area contributed by atoms with Crippen LogP contribution in [-0.4, -0.2) is 6.54 Å². The molecule has 1 N–H and O–H groups in total. The van der Waals surface area contributed by atoms with E-state index in [9.17, 15) is 4.39 Å². The van der Waals surface area contributed by atoms with Gasteiger partial charge < -0.3 is 5.32 Å². The van der Waals surface area contributed by atoms with Crippen molar-refractivity contribution < 1.29 is 4.39 Å². The molecule has 0 saturated carbocycles. The molecule has 2 nitrogen and oxygen atoms in total. The fraction of sp³-hybridized carbons (Fsp3) is 0.222. The summed E-state index contributed by atoms with van der Waals surface area (Å²) >= 11 is 3.18. The van der Waals surface area contributed by atoms with Crippen LogP contribution in [-0.2, 0) is 0 Å². The molecule has 0 aliphatic heterocycles. The summed E-state index contributed by atoms with van der Waals surface area (Å²) in [6, 6.07) is 4.67. The molecule has 1 aromatic rings. The average molecular weight is 243 g/mol. The molecular weight excluding hydrogens is 235 g/mol. The molecule has 0 amide bonds. The van der Waals surface area contributed by atoms with Gasteiger partial charge in [0.1, 0.15) is 11.9 Å². The third-order valence-corrected chi connectivity index (χ3v) is 2.20. The molecule has 0 aliphatic carbocycles. The lowest BCUT2D eigenvalue weighted by Gasteiger charge is -2.05. The quantitative estimate of drug-likeness (QED) is 0.866. The summed E-state index contributed by atoms with van der Waals surface area (Å²) in [5, 5.41) is 11.5. The highest BCUT2D eigenvalue weighted by Gasteiger charge is 2.06. The lowest BCUT2D eigenvalue weighted by molar-refractivity contribution is 0.629. The smallest absolute Gasteiger partial charge is 0.147 e. The normalized spacial score (nSPS) is 9.38. The highest BCUT2D eigenvalue weighted by atomic mass is 79.9. The second kappa shape index (κ2) is 4.24. The summed E-state index contributed by atoms with van der Waals surface area (Å²) in [4.78, 5) is 0. The van der Waals surface area contributed by atoms with Crippen LogP contribution < -0.4 is 5.32 Å². The third kappa shape index (κ3) is 2.19. The van der Waals surface area contributed by atoms with Gasteiger partial charge in [-0.3, -0.25) is 0 Å². The van der Waals surface area contributed by atoms with E-state index in [4.69, 9.17) is 5.26 Å². The molecule has 1 aromatic carbocycles. The van der Waals surface area contributed by atoms with Crippen molar-refractivity contribution in [3.05, 3.63) is 28.0 Å². The number of benzene rings is 1. The van der Waals surface area contributed by atoms with Crippen LogP contribution in [0.4, 0.5) is 10.1 Å². The Morgan fingerprint density at radius 3 is 2.85 bits per heavy atom. The zero-order valence-electron chi connectivity index (χ0n) is 7.06. The molecule has 68 valence electrons. The minimum Gasteiger partial charge on any atom is -0.383 e. The molecule has 4 heteroatoms. The van der Waals surface area contributed by atoms with Crippen molar-refractivity contribution in [1.82, 2.24) is 0 Å². The van der Waals surface area contributed by atoms with Crippen LogP contribution in [0.25, 0.3) is 0 Å². The van der Waals surface area contributed by atoms with E-state index in [1.807, 2.05) is 13.0 Å². The minimum absolute atomic E-state index is 0.305. The summed E-state index contributed by atoms with van der Waals surface area (Å²) in [7, 11) is 0. The summed E-state index contributed by atoms with van der Waals surface area (Å²) < 4.78 is 13.8. The Morgan fingerprint density at radius 1 is 1.62 bits per heavy atom. The molecule has 0 aromatic heterocycles. The van der Waals surface area contributed by atoms with E-state index >= 15 is 0 Å². The number of rotatable bonds is 2. The lowest BCUT2D eigenvalue weighted by atomic mass is 10.2. The first-order chi connectivity index (χ1) is 6.19. The predicted octanol–water partition coefficient (Wildman–Crippen LogP) is 2.89. The van der Waals surface area contributed by atoms with Gasteiger partial charge in [-0.25, -0.2) is 4.39 Å². The number of anilines is 1. The van der Waals surface area contributed by atoms with E-state index in [2.05, 4.69) is 21.2 Å². The van der Waals surface area contributed by atoms with Gasteiger partial charge in [-0.2, -0.15) is 5.26 Å². The summed E-state index contributed by atoms with van der Waals surface area (Å²) in [5.74, 6) is -0.401. The number of hydrogen-bond donors (Lipinski definition) is 1. The van der Waals surface area contributed by atoms with Gasteiger partial charge >= 0.3 is 0 Å². The molecule has 0 radical (unpaired) electrons. The maximum atomic E-state index is 13.2. The Labute approximate surface area is 84.5 Å². The lowest BCUT2D eigenvalue weighted by Crippen LogP contribution is -1.99. The van der Waals surface area contributed by atoms with Crippen LogP contribution in [0.2, 0.25) is 0 Å². The Balaban J connectivity index is 3.14. The standard InChI is InChI=1S/C9H8BrFN2/c1-2-13-9-4-7(10)6(5-12)3-8(9)11/h3-4,13H,2H2,1H3. The van der Waals surface area contributed by atoms with Crippen molar-refractivity contribution in [3.63, 3.8) is 0 Å². The molecule has 13 heavy (non-hydrogen) atoms. The van der Waals surface area contributed by atoms with Gasteiger partial charge in [-0.05, 0) is 35.0 Å². The van der Waals surface area contributed by atoms with Gasteiger partial charge in [0.2, 0.25) is 0 Å². The summed E-state index contributed by atoms with van der Waals surface area (Å²) in [5.41, 5.74) is 0.715. The van der Waals surface area contributed by atoms with E-state index in [-0.39, 0.29) is 0 Å². The van der Waals surface area contributed by atoms with Crippen molar-refractivity contribution in [2.45, 2.75) is 6.92 Å². The first kappa shape index (κ1) is 10.0. The van der Waals surface area contributed by atoms with Crippen LogP contribution in [0.15, 0.2) is 16.6 Å². The molecule has 0 heterocycles. The Bertz CT molecular complexity index is 357. The van der Waals surface area contributed by atoms with E-state index in [0.29, 0.717) is 22.3 Å². The van der Waals surface area contributed by atoms with Crippen LogP contribution in [0.5, 0.6) is 0 Å². The number of nitrogens with zero attached hydrogens (tertiary/aromatic N) is 1. The molecular formula is C9H8BrFN2. The number of halogens is 2. The van der Waals surface area contributed by atoms with Crippen LogP contribution in [0, 0.1) is 17.1 Å². The molecule has 0 bridgehead atoms. The molecule has 0 atom stereocenters. The molecule has 0 spiro atoms. The van der Waals surface area contributed by atoms with Gasteiger partial charge in [-0.1, -0.05) is 0 Å². The van der Waals surface area contributed by atoms with Gasteiger partial charge in [-0.15, -0.1) is 0 Å². The molecule has 1 rings (SSSR count). The number of nitriles is 1. The molecule has 0 aliphatic rings. The van der Waals surface area contributed by atoms with E-state index in [1.165, 1.54) is 6.07 Å². The van der Waals surface area contributed by atoms with Crippen molar-refractivity contribution in [3.8, 4) is 6.07 Å². The molecule has 0 saturated heterocycles. The van der Waals surface area contributed by atoms with Gasteiger partial charge in [0.15, 0.2) is 0 Å². The zero-order valence-corrected chi connectivity index (χ0v) is 8.65. The van der Waals surface area contributed by atoms with Gasteiger partial charge in [0.25, 0.3) is 0 Å². The number of nitrogens with one attached hydrogen (secondary N) is 1. The van der Waals surface area contributed by atoms with E-state index < -0.39 is 5.82 Å². The third-order valence-electron chi connectivity index (χ3n) is 1.54. The topological polar surface area (TPSA) is 35.8 Å². The van der Waals surface area contributed by atoms with Crippen LogP contribution in [0.1, 0.15) is 12.5 Å². The van der Waals surface area contributed by atoms with Gasteiger partial charge in [0, 0.05) is 11.0 Å². The second-order valence-corrected chi connectivity index (χ2v) is 3.31. The monoisotopic (exact) mass is 242 g/mol. The fourth-order valence-electron chi connectivity index (χ4n) is 0.958. The van der Waals surface area contributed by atoms with Crippen molar-refractivity contribution in [1.29, 1.82) is 5.26 Å². The van der Waals surface area contributed by atoms with Crippen LogP contribution in [0.3, 0.4) is 0 Å². The van der Waals surface area contributed by atoms with Crippen molar-refractivity contribution in [2.75, 3.05) is 11.9 Å². The highest BCUT2D eigenvalue weighted by molar-refractivity contribution is 9.10. The van der Waals surface area contributed by atoms with E-state index in [1.54, 1.807) is 6.07 Å². The zero-order chi connectivity index (χ0) is 9.84. The summed E-state index contributed by atoms with van der Waals surface area (Å²) in [6.45, 7) is 2.53. The molecule has 0 fully saturated rings. The van der Waals surface area contributed by atoms with E-state index in [0.717, 1.165) is 0 Å². The number of hydrogen-bond acceptors (Lipinski definition) is 2. The minimum atomic E-state index is -0.401.